The molecule has 1 heteroatoms. The number of rotatable bonds is 2. The predicted molar refractivity (Wildman–Crippen MR) is 64.1 cm³/mol. The Labute approximate surface area is 90.4 Å². The van der Waals surface area contributed by atoms with Gasteiger partial charge in [0, 0.05) is 0 Å². The SMILES string of the molecule is Cc1ccc(CC(C)O)c2ccccc12. The Bertz CT molecular complexity index is 472. The molecule has 1 unspecified atom stereocenters. The van der Waals surface area contributed by atoms with E-state index in [1.54, 1.807) is 0 Å². The highest BCUT2D eigenvalue weighted by Gasteiger charge is 2.05. The summed E-state index contributed by atoms with van der Waals surface area (Å²) in [7, 11) is 0. The lowest BCUT2D eigenvalue weighted by Crippen LogP contribution is -2.04. The first kappa shape index (κ1) is 10.2. The van der Waals surface area contributed by atoms with E-state index in [2.05, 4.69) is 37.3 Å². The second kappa shape index (κ2) is 4.03. The summed E-state index contributed by atoms with van der Waals surface area (Å²) in [6.45, 7) is 3.95. The number of hydrogen-bond acceptors (Lipinski definition) is 1. The average molecular weight is 200 g/mol. The van der Waals surface area contributed by atoms with Crippen LogP contribution in [-0.4, -0.2) is 11.2 Å². The van der Waals surface area contributed by atoms with Gasteiger partial charge in [0.05, 0.1) is 6.10 Å². The highest BCUT2D eigenvalue weighted by molar-refractivity contribution is 5.88. The summed E-state index contributed by atoms with van der Waals surface area (Å²) in [6.07, 6.45) is 0.442. The summed E-state index contributed by atoms with van der Waals surface area (Å²) in [5.74, 6) is 0. The minimum atomic E-state index is -0.281. The molecule has 0 saturated heterocycles. The van der Waals surface area contributed by atoms with Gasteiger partial charge in [-0.2, -0.15) is 0 Å². The molecule has 2 rings (SSSR count). The molecule has 0 aliphatic carbocycles. The molecule has 0 aliphatic rings. The van der Waals surface area contributed by atoms with Gasteiger partial charge in [0.25, 0.3) is 0 Å². The van der Waals surface area contributed by atoms with Gasteiger partial charge in [-0.1, -0.05) is 36.4 Å². The highest BCUT2D eigenvalue weighted by atomic mass is 16.3. The number of aryl methyl sites for hydroxylation is 1. The topological polar surface area (TPSA) is 20.2 Å². The maximum atomic E-state index is 9.43. The third-order valence-corrected chi connectivity index (χ3v) is 2.75. The van der Waals surface area contributed by atoms with Crippen LogP contribution in [0.4, 0.5) is 0 Å². The van der Waals surface area contributed by atoms with E-state index in [-0.39, 0.29) is 6.10 Å². The summed E-state index contributed by atoms with van der Waals surface area (Å²) in [5, 5.41) is 12.0. The van der Waals surface area contributed by atoms with Crippen LogP contribution in [0.25, 0.3) is 10.8 Å². The molecular formula is C14H16O. The van der Waals surface area contributed by atoms with Crippen LogP contribution in [0.2, 0.25) is 0 Å². The molecule has 15 heavy (non-hydrogen) atoms. The molecule has 1 atom stereocenters. The number of benzene rings is 2. The molecule has 78 valence electrons. The van der Waals surface area contributed by atoms with E-state index in [1.165, 1.54) is 21.9 Å². The summed E-state index contributed by atoms with van der Waals surface area (Å²) in [6, 6.07) is 12.6. The Morgan fingerprint density at radius 1 is 1.07 bits per heavy atom. The molecule has 0 heterocycles. The molecule has 1 nitrogen and oxygen atoms in total. The molecule has 0 bridgehead atoms. The van der Waals surface area contributed by atoms with Crippen LogP contribution in [0, 0.1) is 6.92 Å². The van der Waals surface area contributed by atoms with E-state index >= 15 is 0 Å². The van der Waals surface area contributed by atoms with Crippen molar-refractivity contribution in [2.45, 2.75) is 26.4 Å². The van der Waals surface area contributed by atoms with E-state index < -0.39 is 0 Å². The van der Waals surface area contributed by atoms with E-state index in [1.807, 2.05) is 13.0 Å². The molecule has 0 radical (unpaired) electrons. The zero-order valence-corrected chi connectivity index (χ0v) is 9.20. The first-order chi connectivity index (χ1) is 7.18. The van der Waals surface area contributed by atoms with E-state index in [4.69, 9.17) is 0 Å². The fourth-order valence-corrected chi connectivity index (χ4v) is 2.01. The summed E-state index contributed by atoms with van der Waals surface area (Å²) in [4.78, 5) is 0. The van der Waals surface area contributed by atoms with Crippen molar-refractivity contribution in [3.63, 3.8) is 0 Å². The monoisotopic (exact) mass is 200 g/mol. The van der Waals surface area contributed by atoms with Gasteiger partial charge in [0.1, 0.15) is 0 Å². The van der Waals surface area contributed by atoms with Gasteiger partial charge in [-0.05, 0) is 42.2 Å². The van der Waals surface area contributed by atoms with Gasteiger partial charge in [-0.25, -0.2) is 0 Å². The maximum Gasteiger partial charge on any atom is 0.0552 e. The third-order valence-electron chi connectivity index (χ3n) is 2.75. The number of fused-ring (bicyclic) bond motifs is 1. The van der Waals surface area contributed by atoms with Gasteiger partial charge in [-0.3, -0.25) is 0 Å². The largest absolute Gasteiger partial charge is 0.393 e. The van der Waals surface area contributed by atoms with Crippen molar-refractivity contribution >= 4 is 10.8 Å². The molecule has 1 N–H and O–H groups in total. The van der Waals surface area contributed by atoms with Gasteiger partial charge >= 0.3 is 0 Å². The highest BCUT2D eigenvalue weighted by Crippen LogP contribution is 2.23. The molecule has 0 aromatic heterocycles. The van der Waals surface area contributed by atoms with Crippen LogP contribution >= 0.6 is 0 Å². The van der Waals surface area contributed by atoms with Crippen molar-refractivity contribution in [1.29, 1.82) is 0 Å². The molecule has 0 spiro atoms. The van der Waals surface area contributed by atoms with Crippen molar-refractivity contribution in [2.75, 3.05) is 0 Å². The average Bonchev–Trinajstić information content (AvgIpc) is 2.22. The quantitative estimate of drug-likeness (QED) is 0.790. The molecular weight excluding hydrogens is 184 g/mol. The van der Waals surface area contributed by atoms with Crippen LogP contribution in [0.1, 0.15) is 18.1 Å². The van der Waals surface area contributed by atoms with Crippen LogP contribution in [-0.2, 0) is 6.42 Å². The predicted octanol–water partition coefficient (Wildman–Crippen LogP) is 3.07. The van der Waals surface area contributed by atoms with Crippen LogP contribution in [0.3, 0.4) is 0 Å². The Balaban J connectivity index is 2.61. The number of aliphatic hydroxyl groups is 1. The number of hydrogen-bond donors (Lipinski definition) is 1. The molecule has 0 aliphatic heterocycles. The van der Waals surface area contributed by atoms with Crippen LogP contribution in [0.15, 0.2) is 36.4 Å². The third kappa shape index (κ3) is 2.02. The van der Waals surface area contributed by atoms with E-state index in [9.17, 15) is 5.11 Å². The van der Waals surface area contributed by atoms with E-state index in [0.717, 1.165) is 6.42 Å². The second-order valence-corrected chi connectivity index (χ2v) is 4.14. The zero-order valence-electron chi connectivity index (χ0n) is 9.20. The van der Waals surface area contributed by atoms with Crippen molar-refractivity contribution in [2.24, 2.45) is 0 Å². The fraction of sp³-hybridized carbons (Fsp3) is 0.286. The Hall–Kier alpha value is -1.34. The van der Waals surface area contributed by atoms with Gasteiger partial charge in [0.2, 0.25) is 0 Å². The first-order valence-electron chi connectivity index (χ1n) is 5.34. The minimum Gasteiger partial charge on any atom is -0.393 e. The van der Waals surface area contributed by atoms with Crippen LogP contribution < -0.4 is 0 Å². The fourth-order valence-electron chi connectivity index (χ4n) is 2.01. The Morgan fingerprint density at radius 2 is 1.73 bits per heavy atom. The summed E-state index contributed by atoms with van der Waals surface area (Å²) >= 11 is 0. The van der Waals surface area contributed by atoms with Gasteiger partial charge < -0.3 is 5.11 Å². The molecule has 0 amide bonds. The normalized spacial score (nSPS) is 13.0. The van der Waals surface area contributed by atoms with Crippen molar-refractivity contribution < 1.29 is 5.11 Å². The lowest BCUT2D eigenvalue weighted by Gasteiger charge is -2.10. The zero-order chi connectivity index (χ0) is 10.8. The Kier molecular flexibility index (Phi) is 2.74. The molecule has 0 saturated carbocycles. The Morgan fingerprint density at radius 3 is 2.40 bits per heavy atom. The minimum absolute atomic E-state index is 0.281. The summed E-state index contributed by atoms with van der Waals surface area (Å²) in [5.41, 5.74) is 2.52. The van der Waals surface area contributed by atoms with Gasteiger partial charge in [0.15, 0.2) is 0 Å². The smallest absolute Gasteiger partial charge is 0.0552 e. The lowest BCUT2D eigenvalue weighted by atomic mass is 9.97. The molecule has 0 fully saturated rings. The van der Waals surface area contributed by atoms with E-state index in [0.29, 0.717) is 0 Å². The number of aliphatic hydroxyl groups excluding tert-OH is 1. The van der Waals surface area contributed by atoms with Crippen molar-refractivity contribution in [1.82, 2.24) is 0 Å². The molecule has 2 aromatic carbocycles. The maximum absolute atomic E-state index is 9.43. The van der Waals surface area contributed by atoms with Crippen LogP contribution in [0.5, 0.6) is 0 Å². The standard InChI is InChI=1S/C14H16O/c1-10-7-8-12(9-11(2)15)14-6-4-3-5-13(10)14/h3-8,11,15H,9H2,1-2H3. The molecule has 2 aromatic rings. The summed E-state index contributed by atoms with van der Waals surface area (Å²) < 4.78 is 0. The lowest BCUT2D eigenvalue weighted by molar-refractivity contribution is 0.196. The van der Waals surface area contributed by atoms with Gasteiger partial charge in [-0.15, -0.1) is 0 Å². The van der Waals surface area contributed by atoms with Crippen molar-refractivity contribution in [3.8, 4) is 0 Å². The second-order valence-electron chi connectivity index (χ2n) is 4.14. The van der Waals surface area contributed by atoms with Crippen molar-refractivity contribution in [3.05, 3.63) is 47.5 Å². The first-order valence-corrected chi connectivity index (χ1v) is 5.34.